The second-order valence-electron chi connectivity index (χ2n) is 12.0. The standard InChI is InChI=1S/C34H38BrN6O2P/c1-8-41-21-24(19-37-41)25-17-29(30(43-5)18-26(25)34(2,3)4)39-33-36-20-27(35)32(40-33)38-28-15-14-23(16-31(28)44(6,7)42)22-12-10-9-11-13-22/h9-21H,8H2,1-7H3,(H2,36,38,39,40). The van der Waals surface area contributed by atoms with Crippen LogP contribution >= 0.6 is 23.1 Å². The van der Waals surface area contributed by atoms with E-state index in [-0.39, 0.29) is 5.41 Å². The predicted octanol–water partition coefficient (Wildman–Crippen LogP) is 8.83. The highest BCUT2D eigenvalue weighted by molar-refractivity contribution is 9.10. The molecule has 0 amide bonds. The molecule has 10 heteroatoms. The highest BCUT2D eigenvalue weighted by atomic mass is 79.9. The maximum Gasteiger partial charge on any atom is 0.229 e. The van der Waals surface area contributed by atoms with E-state index in [0.29, 0.717) is 22.0 Å². The van der Waals surface area contributed by atoms with E-state index in [9.17, 15) is 4.57 Å². The lowest BCUT2D eigenvalue weighted by Crippen LogP contribution is -2.14. The molecule has 2 heterocycles. The molecular formula is C34H38BrN6O2P. The Morgan fingerprint density at radius 2 is 1.68 bits per heavy atom. The minimum absolute atomic E-state index is 0.133. The van der Waals surface area contributed by atoms with Gasteiger partial charge < -0.3 is 19.9 Å². The van der Waals surface area contributed by atoms with Gasteiger partial charge in [0.25, 0.3) is 0 Å². The highest BCUT2D eigenvalue weighted by Gasteiger charge is 2.24. The molecule has 0 bridgehead atoms. The van der Waals surface area contributed by atoms with E-state index >= 15 is 0 Å². The van der Waals surface area contributed by atoms with Crippen LogP contribution in [0.1, 0.15) is 33.3 Å². The van der Waals surface area contributed by atoms with Gasteiger partial charge in [0.15, 0.2) is 0 Å². The number of aryl methyl sites for hydroxylation is 1. The number of anilines is 4. The molecule has 0 aliphatic carbocycles. The minimum Gasteiger partial charge on any atom is -0.495 e. The van der Waals surface area contributed by atoms with Crippen LogP contribution in [0.2, 0.25) is 0 Å². The van der Waals surface area contributed by atoms with Gasteiger partial charge in [-0.15, -0.1) is 0 Å². The van der Waals surface area contributed by atoms with Crippen LogP contribution in [-0.4, -0.2) is 40.2 Å². The van der Waals surface area contributed by atoms with Crippen molar-refractivity contribution in [2.24, 2.45) is 0 Å². The van der Waals surface area contributed by atoms with Gasteiger partial charge in [-0.2, -0.15) is 10.1 Å². The van der Waals surface area contributed by atoms with Crippen LogP contribution in [-0.2, 0) is 16.5 Å². The molecule has 0 aliphatic rings. The van der Waals surface area contributed by atoms with E-state index in [4.69, 9.17) is 9.72 Å². The molecule has 3 aromatic carbocycles. The zero-order valence-corrected chi connectivity index (χ0v) is 28.6. The third-order valence-electron chi connectivity index (χ3n) is 7.34. The van der Waals surface area contributed by atoms with Gasteiger partial charge in [-0.1, -0.05) is 57.2 Å². The number of benzene rings is 3. The maximum absolute atomic E-state index is 13.4. The van der Waals surface area contributed by atoms with E-state index in [0.717, 1.165) is 51.0 Å². The Bertz CT molecular complexity index is 1840. The summed E-state index contributed by atoms with van der Waals surface area (Å²) in [4.78, 5) is 9.32. The SMILES string of the molecule is CCn1cc(-c2cc(Nc3ncc(Br)c(Nc4ccc(-c5ccccc5)cc4P(C)(C)=O)n3)c(OC)cc2C(C)(C)C)cn1. The van der Waals surface area contributed by atoms with E-state index in [1.54, 1.807) is 26.6 Å². The van der Waals surface area contributed by atoms with Gasteiger partial charge >= 0.3 is 0 Å². The van der Waals surface area contributed by atoms with Gasteiger partial charge in [-0.3, -0.25) is 4.68 Å². The van der Waals surface area contributed by atoms with Gasteiger partial charge in [0.05, 0.1) is 29.2 Å². The molecule has 8 nitrogen and oxygen atoms in total. The molecule has 0 unspecified atom stereocenters. The van der Waals surface area contributed by atoms with Gasteiger partial charge in [-0.05, 0) is 88.1 Å². The van der Waals surface area contributed by atoms with Crippen LogP contribution in [0.3, 0.4) is 0 Å². The summed E-state index contributed by atoms with van der Waals surface area (Å²) in [6.07, 6.45) is 5.64. The van der Waals surface area contributed by atoms with Crippen molar-refractivity contribution in [2.75, 3.05) is 31.1 Å². The molecule has 0 radical (unpaired) electrons. The molecule has 2 N–H and O–H groups in total. The Morgan fingerprint density at radius 3 is 2.32 bits per heavy atom. The first kappa shape index (κ1) is 31.5. The summed E-state index contributed by atoms with van der Waals surface area (Å²) >= 11 is 3.59. The first-order valence-corrected chi connectivity index (χ1v) is 17.8. The summed E-state index contributed by atoms with van der Waals surface area (Å²) in [5.41, 5.74) is 6.62. The summed E-state index contributed by atoms with van der Waals surface area (Å²) in [5, 5.41) is 12.0. The Hall–Kier alpha value is -3.94. The molecule has 0 saturated carbocycles. The molecule has 0 atom stereocenters. The summed E-state index contributed by atoms with van der Waals surface area (Å²) in [7, 11) is -0.989. The molecule has 44 heavy (non-hydrogen) atoms. The van der Waals surface area contributed by atoms with Crippen molar-refractivity contribution in [2.45, 2.75) is 39.7 Å². The number of hydrogen-bond donors (Lipinski definition) is 2. The normalized spacial score (nSPS) is 11.8. The van der Waals surface area contributed by atoms with Crippen molar-refractivity contribution < 1.29 is 9.30 Å². The number of aromatic nitrogens is 4. The fourth-order valence-electron chi connectivity index (χ4n) is 5.04. The number of halogens is 1. The first-order valence-electron chi connectivity index (χ1n) is 14.4. The van der Waals surface area contributed by atoms with E-state index in [1.165, 1.54) is 0 Å². The van der Waals surface area contributed by atoms with Gasteiger partial charge in [-0.25, -0.2) is 4.98 Å². The monoisotopic (exact) mass is 672 g/mol. The van der Waals surface area contributed by atoms with Crippen molar-refractivity contribution in [1.29, 1.82) is 0 Å². The van der Waals surface area contributed by atoms with Crippen LogP contribution in [0.4, 0.5) is 23.1 Å². The van der Waals surface area contributed by atoms with Crippen LogP contribution in [0.5, 0.6) is 5.75 Å². The molecule has 0 aliphatic heterocycles. The van der Waals surface area contributed by atoms with Crippen LogP contribution < -0.4 is 20.7 Å². The number of nitrogens with zero attached hydrogens (tertiary/aromatic N) is 4. The third kappa shape index (κ3) is 6.90. The third-order valence-corrected chi connectivity index (χ3v) is 9.46. The Kier molecular flexibility index (Phi) is 9.00. The van der Waals surface area contributed by atoms with Crippen LogP contribution in [0, 0.1) is 0 Å². The smallest absolute Gasteiger partial charge is 0.229 e. The van der Waals surface area contributed by atoms with E-state index < -0.39 is 7.14 Å². The highest BCUT2D eigenvalue weighted by Crippen LogP contribution is 2.42. The quantitative estimate of drug-likeness (QED) is 0.151. The molecule has 0 spiro atoms. The summed E-state index contributed by atoms with van der Waals surface area (Å²) in [6, 6.07) is 20.2. The largest absolute Gasteiger partial charge is 0.495 e. The maximum atomic E-state index is 13.4. The molecule has 0 saturated heterocycles. The zero-order chi connectivity index (χ0) is 31.6. The molecule has 5 rings (SSSR count). The molecule has 0 fully saturated rings. The molecule has 228 valence electrons. The van der Waals surface area contributed by atoms with Gasteiger partial charge in [0.2, 0.25) is 5.95 Å². The molecule has 2 aromatic heterocycles. The average Bonchev–Trinajstić information content (AvgIpc) is 3.47. The Morgan fingerprint density at radius 1 is 0.932 bits per heavy atom. The lowest BCUT2D eigenvalue weighted by Gasteiger charge is -2.25. The van der Waals surface area contributed by atoms with Gasteiger partial charge in [0.1, 0.15) is 18.7 Å². The van der Waals surface area contributed by atoms with Crippen molar-refractivity contribution in [3.8, 4) is 28.0 Å². The fraction of sp³-hybridized carbons (Fsp3) is 0.265. The first-order chi connectivity index (χ1) is 20.9. The second kappa shape index (κ2) is 12.6. The van der Waals surface area contributed by atoms with Crippen LogP contribution in [0.25, 0.3) is 22.3 Å². The van der Waals surface area contributed by atoms with Crippen molar-refractivity contribution in [3.63, 3.8) is 0 Å². The molecule has 5 aromatic rings. The number of rotatable bonds is 9. The van der Waals surface area contributed by atoms with Crippen LogP contribution in [0.15, 0.2) is 83.7 Å². The topological polar surface area (TPSA) is 94.0 Å². The number of hydrogen-bond acceptors (Lipinski definition) is 7. The average molecular weight is 674 g/mol. The van der Waals surface area contributed by atoms with Crippen molar-refractivity contribution in [3.05, 3.63) is 89.3 Å². The summed E-state index contributed by atoms with van der Waals surface area (Å²) < 4.78 is 21.8. The number of nitrogens with one attached hydrogen (secondary N) is 2. The lowest BCUT2D eigenvalue weighted by atomic mass is 9.82. The van der Waals surface area contributed by atoms with E-state index in [1.807, 2.05) is 59.4 Å². The number of ether oxygens (including phenoxy) is 1. The fourth-order valence-corrected chi connectivity index (χ4v) is 6.49. The lowest BCUT2D eigenvalue weighted by molar-refractivity contribution is 0.415. The van der Waals surface area contributed by atoms with E-state index in [2.05, 4.69) is 82.7 Å². The molecular weight excluding hydrogens is 635 g/mol. The Labute approximate surface area is 267 Å². The van der Waals surface area contributed by atoms with Crippen molar-refractivity contribution >= 4 is 51.5 Å². The summed E-state index contributed by atoms with van der Waals surface area (Å²) in [5.74, 6) is 1.60. The second-order valence-corrected chi connectivity index (χ2v) is 16.1. The zero-order valence-electron chi connectivity index (χ0n) is 26.1. The summed E-state index contributed by atoms with van der Waals surface area (Å²) in [6.45, 7) is 13.0. The minimum atomic E-state index is -2.65. The predicted molar refractivity (Wildman–Crippen MR) is 186 cm³/mol. The Balaban J connectivity index is 1.52. The number of methoxy groups -OCH3 is 1. The van der Waals surface area contributed by atoms with Crippen molar-refractivity contribution in [1.82, 2.24) is 19.7 Å². The van der Waals surface area contributed by atoms with Gasteiger partial charge in [0, 0.05) is 29.8 Å².